The first kappa shape index (κ1) is 12.6. The van der Waals surface area contributed by atoms with Gasteiger partial charge in [-0.2, -0.15) is 0 Å². The van der Waals surface area contributed by atoms with Crippen molar-refractivity contribution in [3.63, 3.8) is 0 Å². The fraction of sp³-hybridized carbons (Fsp3) is 0.125. The van der Waals surface area contributed by atoms with Crippen molar-refractivity contribution >= 4 is 16.7 Å². The van der Waals surface area contributed by atoms with E-state index in [0.29, 0.717) is 6.54 Å². The number of aliphatic hydroxyl groups excluding tert-OH is 1. The summed E-state index contributed by atoms with van der Waals surface area (Å²) in [5, 5.41) is 14.3. The minimum atomic E-state index is -0.565. The summed E-state index contributed by atoms with van der Waals surface area (Å²) in [5.74, 6) is 0.741. The average molecular weight is 265 g/mol. The van der Waals surface area contributed by atoms with E-state index >= 15 is 0 Å². The number of anilines is 1. The lowest BCUT2D eigenvalue weighted by Gasteiger charge is -2.13. The zero-order valence-electron chi connectivity index (χ0n) is 10.9. The number of hydrogen-bond donors (Lipinski definition) is 2. The molecule has 0 fully saturated rings. The molecule has 4 heteroatoms. The Hall–Kier alpha value is -2.46. The number of nitrogens with zero attached hydrogens (tertiary/aromatic N) is 2. The number of nitrogens with one attached hydrogen (secondary N) is 1. The summed E-state index contributed by atoms with van der Waals surface area (Å²) in [4.78, 5) is 8.45. The Morgan fingerprint density at radius 1 is 0.950 bits per heavy atom. The molecule has 0 aliphatic carbocycles. The Morgan fingerprint density at radius 3 is 2.55 bits per heavy atom. The first-order chi connectivity index (χ1) is 9.84. The highest BCUT2D eigenvalue weighted by molar-refractivity contribution is 5.88. The third-order valence-electron chi connectivity index (χ3n) is 3.19. The minimum absolute atomic E-state index is 0.408. The van der Waals surface area contributed by atoms with Crippen LogP contribution in [-0.2, 0) is 0 Å². The van der Waals surface area contributed by atoms with Crippen LogP contribution in [0.4, 0.5) is 5.82 Å². The molecule has 0 aliphatic heterocycles. The second-order valence-electron chi connectivity index (χ2n) is 4.55. The minimum Gasteiger partial charge on any atom is -0.387 e. The number of rotatable bonds is 4. The zero-order valence-corrected chi connectivity index (χ0v) is 10.9. The molecule has 1 aromatic heterocycles. The van der Waals surface area contributed by atoms with Crippen molar-refractivity contribution in [2.75, 3.05) is 11.9 Å². The normalized spacial score (nSPS) is 12.2. The SMILES string of the molecule is OC(CNc1ncnc2ccccc12)c1ccccc1. The van der Waals surface area contributed by atoms with Gasteiger partial charge >= 0.3 is 0 Å². The molecule has 0 bridgehead atoms. The van der Waals surface area contributed by atoms with Crippen LogP contribution in [0.5, 0.6) is 0 Å². The van der Waals surface area contributed by atoms with Crippen molar-refractivity contribution < 1.29 is 5.11 Å². The fourth-order valence-electron chi connectivity index (χ4n) is 2.13. The molecule has 2 N–H and O–H groups in total. The standard InChI is InChI=1S/C16H15N3O/c20-15(12-6-2-1-3-7-12)10-17-16-13-8-4-5-9-14(13)18-11-19-16/h1-9,11,15,20H,10H2,(H,17,18,19). The predicted molar refractivity (Wildman–Crippen MR) is 79.4 cm³/mol. The Labute approximate surface area is 117 Å². The second kappa shape index (κ2) is 5.67. The Kier molecular flexibility index (Phi) is 3.56. The van der Waals surface area contributed by atoms with Gasteiger partial charge in [-0.15, -0.1) is 0 Å². The Morgan fingerprint density at radius 2 is 1.70 bits per heavy atom. The molecule has 1 unspecified atom stereocenters. The van der Waals surface area contributed by atoms with E-state index in [1.54, 1.807) is 0 Å². The monoisotopic (exact) mass is 265 g/mol. The number of aliphatic hydroxyl groups is 1. The first-order valence-electron chi connectivity index (χ1n) is 6.51. The van der Waals surface area contributed by atoms with Crippen LogP contribution in [0.3, 0.4) is 0 Å². The van der Waals surface area contributed by atoms with Gasteiger partial charge in [0.25, 0.3) is 0 Å². The maximum absolute atomic E-state index is 10.1. The highest BCUT2D eigenvalue weighted by Crippen LogP contribution is 2.19. The highest BCUT2D eigenvalue weighted by atomic mass is 16.3. The maximum Gasteiger partial charge on any atom is 0.137 e. The summed E-state index contributed by atoms with van der Waals surface area (Å²) in [6.45, 7) is 0.408. The first-order valence-corrected chi connectivity index (χ1v) is 6.51. The van der Waals surface area contributed by atoms with Gasteiger partial charge in [-0.05, 0) is 17.7 Å². The van der Waals surface area contributed by atoms with Crippen molar-refractivity contribution in [2.45, 2.75) is 6.10 Å². The van der Waals surface area contributed by atoms with Gasteiger partial charge in [0.1, 0.15) is 12.1 Å². The van der Waals surface area contributed by atoms with Gasteiger partial charge in [-0.1, -0.05) is 42.5 Å². The largest absolute Gasteiger partial charge is 0.387 e. The van der Waals surface area contributed by atoms with E-state index in [2.05, 4.69) is 15.3 Å². The topological polar surface area (TPSA) is 58.0 Å². The van der Waals surface area contributed by atoms with Crippen LogP contribution < -0.4 is 5.32 Å². The smallest absolute Gasteiger partial charge is 0.137 e. The van der Waals surface area contributed by atoms with Crippen molar-refractivity contribution in [3.05, 3.63) is 66.5 Å². The molecule has 0 saturated carbocycles. The molecule has 4 nitrogen and oxygen atoms in total. The van der Waals surface area contributed by atoms with Gasteiger partial charge in [0, 0.05) is 11.9 Å². The van der Waals surface area contributed by atoms with Gasteiger partial charge in [0.05, 0.1) is 11.6 Å². The lowest BCUT2D eigenvalue weighted by Crippen LogP contribution is -2.13. The molecule has 20 heavy (non-hydrogen) atoms. The lowest BCUT2D eigenvalue weighted by molar-refractivity contribution is 0.191. The van der Waals surface area contributed by atoms with E-state index in [4.69, 9.17) is 0 Å². The molecular weight excluding hydrogens is 250 g/mol. The predicted octanol–water partition coefficient (Wildman–Crippen LogP) is 2.78. The molecule has 100 valence electrons. The van der Waals surface area contributed by atoms with Gasteiger partial charge < -0.3 is 10.4 Å². The van der Waals surface area contributed by atoms with Crippen molar-refractivity contribution in [2.24, 2.45) is 0 Å². The van der Waals surface area contributed by atoms with E-state index in [-0.39, 0.29) is 0 Å². The van der Waals surface area contributed by atoms with Crippen LogP contribution in [0.2, 0.25) is 0 Å². The van der Waals surface area contributed by atoms with Gasteiger partial charge in [0.2, 0.25) is 0 Å². The number of aromatic nitrogens is 2. The van der Waals surface area contributed by atoms with Crippen LogP contribution >= 0.6 is 0 Å². The third-order valence-corrected chi connectivity index (χ3v) is 3.19. The average Bonchev–Trinajstić information content (AvgIpc) is 2.53. The molecule has 0 radical (unpaired) electrons. The van der Waals surface area contributed by atoms with Gasteiger partial charge in [0.15, 0.2) is 0 Å². The Bertz CT molecular complexity index is 695. The Balaban J connectivity index is 1.77. The molecule has 1 heterocycles. The summed E-state index contributed by atoms with van der Waals surface area (Å²) < 4.78 is 0. The lowest BCUT2D eigenvalue weighted by atomic mass is 10.1. The summed E-state index contributed by atoms with van der Waals surface area (Å²) >= 11 is 0. The summed E-state index contributed by atoms with van der Waals surface area (Å²) in [5.41, 5.74) is 1.78. The molecule has 0 amide bonds. The van der Waals surface area contributed by atoms with Crippen molar-refractivity contribution in [1.82, 2.24) is 9.97 Å². The number of hydrogen-bond acceptors (Lipinski definition) is 4. The van der Waals surface area contributed by atoms with E-state index in [1.165, 1.54) is 6.33 Å². The van der Waals surface area contributed by atoms with Crippen molar-refractivity contribution in [3.8, 4) is 0 Å². The van der Waals surface area contributed by atoms with Crippen molar-refractivity contribution in [1.29, 1.82) is 0 Å². The molecule has 3 rings (SSSR count). The van der Waals surface area contributed by atoms with Crippen LogP contribution in [0.15, 0.2) is 60.9 Å². The van der Waals surface area contributed by atoms with Gasteiger partial charge in [-0.25, -0.2) is 9.97 Å². The fourth-order valence-corrected chi connectivity index (χ4v) is 2.13. The molecular formula is C16H15N3O. The summed E-state index contributed by atoms with van der Waals surface area (Å²) in [7, 11) is 0. The number of benzene rings is 2. The quantitative estimate of drug-likeness (QED) is 0.761. The molecule has 3 aromatic rings. The molecule has 0 spiro atoms. The van der Waals surface area contributed by atoms with E-state index in [9.17, 15) is 5.11 Å². The zero-order chi connectivity index (χ0) is 13.8. The second-order valence-corrected chi connectivity index (χ2v) is 4.55. The summed E-state index contributed by atoms with van der Waals surface area (Å²) in [6.07, 6.45) is 0.962. The van der Waals surface area contributed by atoms with Crippen LogP contribution in [0.25, 0.3) is 10.9 Å². The summed E-state index contributed by atoms with van der Waals surface area (Å²) in [6, 6.07) is 17.4. The van der Waals surface area contributed by atoms with E-state index in [1.807, 2.05) is 54.6 Å². The molecule has 1 atom stereocenters. The van der Waals surface area contributed by atoms with Crippen LogP contribution in [0, 0.1) is 0 Å². The third kappa shape index (κ3) is 2.60. The molecule has 2 aromatic carbocycles. The molecule has 0 saturated heterocycles. The maximum atomic E-state index is 10.1. The van der Waals surface area contributed by atoms with Gasteiger partial charge in [-0.3, -0.25) is 0 Å². The van der Waals surface area contributed by atoms with Crippen LogP contribution in [-0.4, -0.2) is 21.6 Å². The van der Waals surface area contributed by atoms with E-state index < -0.39 is 6.10 Å². The molecule has 0 aliphatic rings. The van der Waals surface area contributed by atoms with E-state index in [0.717, 1.165) is 22.3 Å². The number of para-hydroxylation sites is 1. The highest BCUT2D eigenvalue weighted by Gasteiger charge is 2.08. The van der Waals surface area contributed by atoms with Crippen LogP contribution in [0.1, 0.15) is 11.7 Å². The number of fused-ring (bicyclic) bond motifs is 1.